The van der Waals surface area contributed by atoms with E-state index in [-0.39, 0.29) is 11.5 Å². The average molecular weight is 448 g/mol. The number of carbonyl (C=O) groups excluding carboxylic acids is 1. The van der Waals surface area contributed by atoms with Crippen molar-refractivity contribution in [2.75, 3.05) is 43.5 Å². The van der Waals surface area contributed by atoms with Gasteiger partial charge in [-0.1, -0.05) is 30.3 Å². The Morgan fingerprint density at radius 3 is 2.39 bits per heavy atom. The zero-order valence-electron chi connectivity index (χ0n) is 18.2. The largest absolute Gasteiger partial charge is 0.465 e. The maximum Gasteiger partial charge on any atom is 0.353 e. The van der Waals surface area contributed by atoms with Crippen LogP contribution in [-0.4, -0.2) is 59.0 Å². The van der Waals surface area contributed by atoms with Crippen molar-refractivity contribution < 1.29 is 14.5 Å². The third kappa shape index (κ3) is 5.24. The average Bonchev–Trinajstić information content (AvgIpc) is 2.85. The number of nitrogens with one attached hydrogen (secondary N) is 1. The van der Waals surface area contributed by atoms with Crippen LogP contribution >= 0.6 is 0 Å². The molecule has 1 saturated heterocycles. The van der Waals surface area contributed by atoms with Gasteiger partial charge < -0.3 is 15.0 Å². The van der Waals surface area contributed by atoms with E-state index < -0.39 is 10.9 Å². The third-order valence-electron chi connectivity index (χ3n) is 5.48. The standard InChI is InChI=1S/C23H24N6O4/c1-33-23(30)18-7-9-19(10-8-18)26-21-20(29(31)32)22(25-16-24-21)28-13-11-27(12-14-28)15-17-5-3-2-4-6-17/h2-10,16H,11-15H2,1H3,(H,24,25,26). The molecule has 10 heteroatoms. The second-order valence-electron chi connectivity index (χ2n) is 7.59. The predicted octanol–water partition coefficient (Wildman–Crippen LogP) is 3.24. The van der Waals surface area contributed by atoms with Crippen molar-refractivity contribution >= 4 is 29.0 Å². The zero-order chi connectivity index (χ0) is 23.2. The summed E-state index contributed by atoms with van der Waals surface area (Å²) >= 11 is 0. The fraction of sp³-hybridized carbons (Fsp3) is 0.261. The van der Waals surface area contributed by atoms with E-state index in [0.29, 0.717) is 30.2 Å². The fourth-order valence-electron chi connectivity index (χ4n) is 3.76. The maximum absolute atomic E-state index is 12.0. The number of methoxy groups -OCH3 is 1. The smallest absolute Gasteiger partial charge is 0.353 e. The minimum Gasteiger partial charge on any atom is -0.465 e. The lowest BCUT2D eigenvalue weighted by molar-refractivity contribution is -0.383. The van der Waals surface area contributed by atoms with Crippen LogP contribution in [0.5, 0.6) is 0 Å². The lowest BCUT2D eigenvalue weighted by Crippen LogP contribution is -2.46. The van der Waals surface area contributed by atoms with Gasteiger partial charge in [-0.2, -0.15) is 0 Å². The monoisotopic (exact) mass is 448 g/mol. The quantitative estimate of drug-likeness (QED) is 0.330. The van der Waals surface area contributed by atoms with Crippen molar-refractivity contribution in [1.82, 2.24) is 14.9 Å². The second-order valence-corrected chi connectivity index (χ2v) is 7.59. The van der Waals surface area contributed by atoms with E-state index >= 15 is 0 Å². The van der Waals surface area contributed by atoms with Crippen molar-refractivity contribution in [3.05, 3.63) is 82.2 Å². The molecular weight excluding hydrogens is 424 g/mol. The van der Waals surface area contributed by atoms with Crippen LogP contribution in [-0.2, 0) is 11.3 Å². The van der Waals surface area contributed by atoms with E-state index in [1.54, 1.807) is 24.3 Å². The molecule has 0 unspecified atom stereocenters. The number of ether oxygens (including phenoxy) is 1. The van der Waals surface area contributed by atoms with Gasteiger partial charge in [0.1, 0.15) is 6.33 Å². The number of hydrogen-bond acceptors (Lipinski definition) is 9. The minimum atomic E-state index is -0.461. The summed E-state index contributed by atoms with van der Waals surface area (Å²) in [5.41, 5.74) is 2.01. The molecule has 0 spiro atoms. The Morgan fingerprint density at radius 1 is 1.06 bits per heavy atom. The summed E-state index contributed by atoms with van der Waals surface area (Å²) in [4.78, 5) is 35.7. The van der Waals surface area contributed by atoms with Crippen LogP contribution in [0.3, 0.4) is 0 Å². The summed E-state index contributed by atoms with van der Waals surface area (Å²) < 4.78 is 4.69. The van der Waals surface area contributed by atoms with Crippen LogP contribution in [0.1, 0.15) is 15.9 Å². The van der Waals surface area contributed by atoms with E-state index in [4.69, 9.17) is 4.74 Å². The number of rotatable bonds is 7. The summed E-state index contributed by atoms with van der Waals surface area (Å²) in [5, 5.41) is 14.9. The molecule has 1 aliphatic heterocycles. The Balaban J connectivity index is 1.49. The number of benzene rings is 2. The first kappa shape index (κ1) is 22.2. The zero-order valence-corrected chi connectivity index (χ0v) is 18.2. The van der Waals surface area contributed by atoms with Crippen LogP contribution in [0.25, 0.3) is 0 Å². The van der Waals surface area contributed by atoms with E-state index in [1.807, 2.05) is 23.1 Å². The molecule has 170 valence electrons. The molecule has 2 heterocycles. The van der Waals surface area contributed by atoms with Gasteiger partial charge in [-0.3, -0.25) is 15.0 Å². The van der Waals surface area contributed by atoms with E-state index in [9.17, 15) is 14.9 Å². The number of anilines is 3. The Morgan fingerprint density at radius 2 is 1.76 bits per heavy atom. The van der Waals surface area contributed by atoms with Gasteiger partial charge in [0.25, 0.3) is 0 Å². The summed E-state index contributed by atoms with van der Waals surface area (Å²) in [6.07, 6.45) is 1.32. The molecule has 1 fully saturated rings. The topological polar surface area (TPSA) is 114 Å². The number of nitrogens with zero attached hydrogens (tertiary/aromatic N) is 5. The fourth-order valence-corrected chi connectivity index (χ4v) is 3.76. The van der Waals surface area contributed by atoms with Gasteiger partial charge in [0.15, 0.2) is 0 Å². The summed E-state index contributed by atoms with van der Waals surface area (Å²) in [5.74, 6) is -0.0613. The highest BCUT2D eigenvalue weighted by molar-refractivity contribution is 5.89. The van der Waals surface area contributed by atoms with Gasteiger partial charge in [-0.05, 0) is 29.8 Å². The maximum atomic E-state index is 12.0. The van der Waals surface area contributed by atoms with Crippen LogP contribution in [0.4, 0.5) is 23.0 Å². The Hall–Kier alpha value is -4.05. The Bertz CT molecular complexity index is 1120. The van der Waals surface area contributed by atoms with Gasteiger partial charge in [0, 0.05) is 38.4 Å². The van der Waals surface area contributed by atoms with Crippen LogP contribution in [0.2, 0.25) is 0 Å². The van der Waals surface area contributed by atoms with Crippen molar-refractivity contribution in [3.63, 3.8) is 0 Å². The molecule has 1 aromatic heterocycles. The van der Waals surface area contributed by atoms with Gasteiger partial charge in [0.2, 0.25) is 11.6 Å². The van der Waals surface area contributed by atoms with Gasteiger partial charge in [-0.25, -0.2) is 14.8 Å². The highest BCUT2D eigenvalue weighted by Gasteiger charge is 2.29. The predicted molar refractivity (Wildman–Crippen MR) is 124 cm³/mol. The van der Waals surface area contributed by atoms with Crippen LogP contribution < -0.4 is 10.2 Å². The molecule has 0 amide bonds. The third-order valence-corrected chi connectivity index (χ3v) is 5.48. The molecule has 10 nitrogen and oxygen atoms in total. The number of piperazine rings is 1. The van der Waals surface area contributed by atoms with Crippen LogP contribution in [0.15, 0.2) is 60.9 Å². The molecule has 0 aliphatic carbocycles. The molecule has 1 aliphatic rings. The highest BCUT2D eigenvalue weighted by atomic mass is 16.6. The first-order chi connectivity index (χ1) is 16.0. The number of nitro groups is 1. The Labute approximate surface area is 191 Å². The lowest BCUT2D eigenvalue weighted by Gasteiger charge is -2.35. The number of carbonyl (C=O) groups is 1. The van der Waals surface area contributed by atoms with Gasteiger partial charge in [-0.15, -0.1) is 0 Å². The number of hydrogen-bond donors (Lipinski definition) is 1. The van der Waals surface area contributed by atoms with Crippen molar-refractivity contribution in [2.45, 2.75) is 6.54 Å². The Kier molecular flexibility index (Phi) is 6.75. The lowest BCUT2D eigenvalue weighted by atomic mass is 10.2. The summed E-state index contributed by atoms with van der Waals surface area (Å²) in [7, 11) is 1.31. The normalized spacial score (nSPS) is 14.0. The van der Waals surface area contributed by atoms with E-state index in [0.717, 1.165) is 19.6 Å². The van der Waals surface area contributed by atoms with Crippen molar-refractivity contribution in [2.24, 2.45) is 0 Å². The molecule has 1 N–H and O–H groups in total. The van der Waals surface area contributed by atoms with E-state index in [2.05, 4.69) is 32.3 Å². The number of esters is 1. The van der Waals surface area contributed by atoms with Crippen molar-refractivity contribution in [3.8, 4) is 0 Å². The molecule has 0 atom stereocenters. The molecular formula is C23H24N6O4. The molecule has 3 aromatic rings. The molecule has 4 rings (SSSR count). The van der Waals surface area contributed by atoms with Crippen molar-refractivity contribution in [1.29, 1.82) is 0 Å². The molecule has 33 heavy (non-hydrogen) atoms. The summed E-state index contributed by atoms with van der Waals surface area (Å²) in [6.45, 7) is 3.63. The molecule has 0 radical (unpaired) electrons. The van der Waals surface area contributed by atoms with Gasteiger partial charge in [0.05, 0.1) is 17.6 Å². The summed E-state index contributed by atoms with van der Waals surface area (Å²) in [6, 6.07) is 16.7. The molecule has 2 aromatic carbocycles. The molecule has 0 saturated carbocycles. The first-order valence-corrected chi connectivity index (χ1v) is 10.5. The minimum absolute atomic E-state index is 0.0996. The van der Waals surface area contributed by atoms with Gasteiger partial charge >= 0.3 is 11.7 Å². The van der Waals surface area contributed by atoms with E-state index in [1.165, 1.54) is 19.0 Å². The first-order valence-electron chi connectivity index (χ1n) is 10.5. The number of aromatic nitrogens is 2. The molecule has 0 bridgehead atoms. The second kappa shape index (κ2) is 10.0. The SMILES string of the molecule is COC(=O)c1ccc(Nc2ncnc(N3CCN(Cc4ccccc4)CC3)c2[N+](=O)[O-])cc1. The highest BCUT2D eigenvalue weighted by Crippen LogP contribution is 2.34. The van der Waals surface area contributed by atoms with Crippen LogP contribution in [0, 0.1) is 10.1 Å².